The average molecular weight is 471 g/mol. The molecule has 0 fully saturated rings. The molecule has 144 valence electrons. The summed E-state index contributed by atoms with van der Waals surface area (Å²) in [7, 11) is 3.49. The van der Waals surface area contributed by atoms with Gasteiger partial charge >= 0.3 is 0 Å². The summed E-state index contributed by atoms with van der Waals surface area (Å²) in [5.74, 6) is 0.778. The fourth-order valence-corrected chi connectivity index (χ4v) is 2.78. The van der Waals surface area contributed by atoms with Gasteiger partial charge in [0.15, 0.2) is 5.96 Å². The SMILES string of the molecule is CN=C(NCc1c(C)nn(CCOC)c1C)NC(C)c1ccccc1.I. The highest BCUT2D eigenvalue weighted by Gasteiger charge is 2.13. The molecule has 0 aliphatic rings. The highest BCUT2D eigenvalue weighted by atomic mass is 127. The van der Waals surface area contributed by atoms with Crippen molar-refractivity contribution in [1.29, 1.82) is 0 Å². The molecular weight excluding hydrogens is 441 g/mol. The molecule has 0 amide bonds. The largest absolute Gasteiger partial charge is 0.383 e. The third kappa shape index (κ3) is 5.98. The summed E-state index contributed by atoms with van der Waals surface area (Å²) in [4.78, 5) is 4.33. The molecule has 0 saturated heterocycles. The average Bonchev–Trinajstić information content (AvgIpc) is 2.90. The number of methoxy groups -OCH3 is 1. The highest BCUT2D eigenvalue weighted by Crippen LogP contribution is 2.13. The van der Waals surface area contributed by atoms with Crippen LogP contribution in [0.4, 0.5) is 0 Å². The van der Waals surface area contributed by atoms with Crippen molar-refractivity contribution in [2.45, 2.75) is 39.9 Å². The van der Waals surface area contributed by atoms with E-state index in [1.165, 1.54) is 11.1 Å². The number of halogens is 1. The maximum Gasteiger partial charge on any atom is 0.191 e. The lowest BCUT2D eigenvalue weighted by atomic mass is 10.1. The van der Waals surface area contributed by atoms with Crippen molar-refractivity contribution in [2.24, 2.45) is 4.99 Å². The van der Waals surface area contributed by atoms with Crippen molar-refractivity contribution in [3.05, 3.63) is 52.8 Å². The number of ether oxygens (including phenoxy) is 1. The van der Waals surface area contributed by atoms with Gasteiger partial charge in [-0.05, 0) is 26.3 Å². The first kappa shape index (κ1) is 22.4. The summed E-state index contributed by atoms with van der Waals surface area (Å²) in [6, 6.07) is 10.5. The molecule has 1 aromatic heterocycles. The molecule has 1 unspecified atom stereocenters. The third-order valence-electron chi connectivity index (χ3n) is 4.35. The van der Waals surface area contributed by atoms with Gasteiger partial charge in [-0.1, -0.05) is 30.3 Å². The van der Waals surface area contributed by atoms with Crippen LogP contribution in [0.5, 0.6) is 0 Å². The quantitative estimate of drug-likeness (QED) is 0.370. The molecule has 2 N–H and O–H groups in total. The Hall–Kier alpha value is -1.61. The lowest BCUT2D eigenvalue weighted by molar-refractivity contribution is 0.182. The predicted octanol–water partition coefficient (Wildman–Crippen LogP) is 3.19. The minimum Gasteiger partial charge on any atom is -0.383 e. The van der Waals surface area contributed by atoms with Crippen molar-refractivity contribution in [2.75, 3.05) is 20.8 Å². The van der Waals surface area contributed by atoms with Gasteiger partial charge in [0, 0.05) is 32.0 Å². The number of aryl methyl sites for hydroxylation is 1. The van der Waals surface area contributed by atoms with Crippen LogP contribution in [0.15, 0.2) is 35.3 Å². The summed E-state index contributed by atoms with van der Waals surface area (Å²) in [5, 5.41) is 11.4. The molecule has 7 heteroatoms. The van der Waals surface area contributed by atoms with Gasteiger partial charge in [-0.15, -0.1) is 24.0 Å². The van der Waals surface area contributed by atoms with E-state index in [9.17, 15) is 0 Å². The van der Waals surface area contributed by atoms with E-state index in [1.54, 1.807) is 14.2 Å². The molecule has 2 rings (SSSR count). The number of aliphatic imine (C=N–C) groups is 1. The Kier molecular flexibility index (Phi) is 9.64. The molecule has 0 saturated carbocycles. The summed E-state index contributed by atoms with van der Waals surface area (Å²) in [5.41, 5.74) is 4.62. The zero-order chi connectivity index (χ0) is 18.2. The van der Waals surface area contributed by atoms with E-state index in [4.69, 9.17) is 4.74 Å². The smallest absolute Gasteiger partial charge is 0.191 e. The van der Waals surface area contributed by atoms with Crippen LogP contribution >= 0.6 is 24.0 Å². The van der Waals surface area contributed by atoms with Crippen LogP contribution in [-0.2, 0) is 17.8 Å². The molecule has 0 radical (unpaired) electrons. The van der Waals surface area contributed by atoms with Crippen molar-refractivity contribution in [1.82, 2.24) is 20.4 Å². The topological polar surface area (TPSA) is 63.5 Å². The first-order valence-corrected chi connectivity index (χ1v) is 8.60. The standard InChI is InChI=1S/C19H29N5O.HI/c1-14(17-9-7-6-8-10-17)22-19(20-4)21-13-18-15(2)23-24(16(18)3)11-12-25-5;/h6-10,14H,11-13H2,1-5H3,(H2,20,21,22);1H. The summed E-state index contributed by atoms with van der Waals surface area (Å²) < 4.78 is 7.14. The van der Waals surface area contributed by atoms with Gasteiger partial charge in [0.1, 0.15) is 0 Å². The third-order valence-corrected chi connectivity index (χ3v) is 4.35. The van der Waals surface area contributed by atoms with Gasteiger partial charge in [0.25, 0.3) is 0 Å². The number of aromatic nitrogens is 2. The molecule has 0 aliphatic carbocycles. The number of hydrogen-bond donors (Lipinski definition) is 2. The number of rotatable bonds is 7. The van der Waals surface area contributed by atoms with Crippen molar-refractivity contribution < 1.29 is 4.74 Å². The highest BCUT2D eigenvalue weighted by molar-refractivity contribution is 14.0. The molecule has 1 aromatic carbocycles. The van der Waals surface area contributed by atoms with Crippen molar-refractivity contribution in [3.8, 4) is 0 Å². The van der Waals surface area contributed by atoms with Gasteiger partial charge < -0.3 is 15.4 Å². The van der Waals surface area contributed by atoms with E-state index < -0.39 is 0 Å². The summed E-state index contributed by atoms with van der Waals surface area (Å²) in [6.07, 6.45) is 0. The van der Waals surface area contributed by atoms with Gasteiger partial charge in [-0.3, -0.25) is 9.67 Å². The normalized spacial score (nSPS) is 12.4. The first-order chi connectivity index (χ1) is 12.1. The number of nitrogens with zero attached hydrogens (tertiary/aromatic N) is 3. The Morgan fingerprint density at radius 3 is 2.58 bits per heavy atom. The Balaban J connectivity index is 0.00000338. The fraction of sp³-hybridized carbons (Fsp3) is 0.474. The second-order valence-corrected chi connectivity index (χ2v) is 6.07. The second kappa shape index (κ2) is 11.2. The van der Waals surface area contributed by atoms with Crippen LogP contribution in [0.25, 0.3) is 0 Å². The summed E-state index contributed by atoms with van der Waals surface area (Å²) >= 11 is 0. The molecular formula is C19H30IN5O. The van der Waals surface area contributed by atoms with E-state index >= 15 is 0 Å². The van der Waals surface area contributed by atoms with E-state index in [1.807, 2.05) is 29.8 Å². The Bertz CT molecular complexity index is 699. The molecule has 0 bridgehead atoms. The van der Waals surface area contributed by atoms with Crippen molar-refractivity contribution >= 4 is 29.9 Å². The lowest BCUT2D eigenvalue weighted by Crippen LogP contribution is -2.38. The van der Waals surface area contributed by atoms with Crippen LogP contribution in [0.2, 0.25) is 0 Å². The minimum absolute atomic E-state index is 0. The Morgan fingerprint density at radius 1 is 1.27 bits per heavy atom. The number of hydrogen-bond acceptors (Lipinski definition) is 3. The maximum atomic E-state index is 5.15. The van der Waals surface area contributed by atoms with Gasteiger partial charge in [-0.2, -0.15) is 5.10 Å². The van der Waals surface area contributed by atoms with Gasteiger partial charge in [-0.25, -0.2) is 0 Å². The molecule has 1 atom stereocenters. The summed E-state index contributed by atoms with van der Waals surface area (Å²) in [6.45, 7) is 8.37. The first-order valence-electron chi connectivity index (χ1n) is 8.60. The number of nitrogens with one attached hydrogen (secondary N) is 2. The Morgan fingerprint density at radius 2 is 1.96 bits per heavy atom. The zero-order valence-electron chi connectivity index (χ0n) is 16.2. The minimum atomic E-state index is 0. The molecule has 2 aromatic rings. The van der Waals surface area contributed by atoms with E-state index in [-0.39, 0.29) is 30.0 Å². The van der Waals surface area contributed by atoms with E-state index in [0.717, 1.165) is 23.9 Å². The molecule has 6 nitrogen and oxygen atoms in total. The van der Waals surface area contributed by atoms with Crippen molar-refractivity contribution in [3.63, 3.8) is 0 Å². The van der Waals surface area contributed by atoms with Crippen LogP contribution in [-0.4, -0.2) is 36.5 Å². The lowest BCUT2D eigenvalue weighted by Gasteiger charge is -2.18. The van der Waals surface area contributed by atoms with E-state index in [2.05, 4.69) is 46.7 Å². The van der Waals surface area contributed by atoms with Crippen LogP contribution < -0.4 is 10.6 Å². The fourth-order valence-electron chi connectivity index (χ4n) is 2.78. The van der Waals surface area contributed by atoms with E-state index in [0.29, 0.717) is 13.2 Å². The Labute approximate surface area is 173 Å². The maximum absolute atomic E-state index is 5.15. The number of guanidine groups is 1. The van der Waals surface area contributed by atoms with Gasteiger partial charge in [0.2, 0.25) is 0 Å². The number of benzene rings is 1. The molecule has 26 heavy (non-hydrogen) atoms. The predicted molar refractivity (Wildman–Crippen MR) is 117 cm³/mol. The zero-order valence-corrected chi connectivity index (χ0v) is 18.6. The van der Waals surface area contributed by atoms with Crippen LogP contribution in [0, 0.1) is 13.8 Å². The van der Waals surface area contributed by atoms with Crippen LogP contribution in [0.3, 0.4) is 0 Å². The molecule has 1 heterocycles. The monoisotopic (exact) mass is 471 g/mol. The van der Waals surface area contributed by atoms with Gasteiger partial charge in [0.05, 0.1) is 24.9 Å². The second-order valence-electron chi connectivity index (χ2n) is 6.07. The van der Waals surface area contributed by atoms with Crippen LogP contribution in [0.1, 0.15) is 35.5 Å². The molecule has 0 spiro atoms. The molecule has 0 aliphatic heterocycles.